The van der Waals surface area contributed by atoms with Crippen molar-refractivity contribution in [3.8, 4) is 0 Å². The number of hydrogen-bond donors (Lipinski definition) is 2. The lowest BCUT2D eigenvalue weighted by Gasteiger charge is -2.33. The summed E-state index contributed by atoms with van der Waals surface area (Å²) in [4.78, 5) is 18.2. The van der Waals surface area contributed by atoms with E-state index in [-0.39, 0.29) is 23.7 Å². The summed E-state index contributed by atoms with van der Waals surface area (Å²) in [7, 11) is 0. The number of fused-ring (bicyclic) bond motifs is 1. The van der Waals surface area contributed by atoms with Crippen molar-refractivity contribution in [2.75, 3.05) is 13.2 Å². The summed E-state index contributed by atoms with van der Waals surface area (Å²) in [5.74, 6) is 0.793. The molecular formula is C24H36N6O2. The Labute approximate surface area is 189 Å². The molecule has 174 valence electrons. The molecule has 0 saturated carbocycles. The summed E-state index contributed by atoms with van der Waals surface area (Å²) < 4.78 is 1.91. The van der Waals surface area contributed by atoms with Crippen LogP contribution in [0.15, 0.2) is 23.0 Å². The molecule has 8 heteroatoms. The van der Waals surface area contributed by atoms with E-state index in [0.29, 0.717) is 25.1 Å². The molecule has 2 N–H and O–H groups in total. The van der Waals surface area contributed by atoms with E-state index in [0.717, 1.165) is 35.1 Å². The average Bonchev–Trinajstić information content (AvgIpc) is 3.25. The van der Waals surface area contributed by atoms with Crippen molar-refractivity contribution in [2.45, 2.75) is 78.9 Å². The molecule has 2 aromatic heterocycles. The topological polar surface area (TPSA) is 99.9 Å². The van der Waals surface area contributed by atoms with Gasteiger partial charge < -0.3 is 10.1 Å². The van der Waals surface area contributed by atoms with Crippen LogP contribution in [0.25, 0.3) is 10.9 Å². The predicted molar refractivity (Wildman–Crippen MR) is 127 cm³/mol. The number of rotatable bonds is 10. The summed E-state index contributed by atoms with van der Waals surface area (Å²) in [6.07, 6.45) is 2.29. The lowest BCUT2D eigenvalue weighted by Crippen LogP contribution is -2.37. The van der Waals surface area contributed by atoms with Crippen molar-refractivity contribution in [3.63, 3.8) is 0 Å². The van der Waals surface area contributed by atoms with E-state index in [9.17, 15) is 9.90 Å². The molecule has 0 aliphatic heterocycles. The Morgan fingerprint density at radius 1 is 1.19 bits per heavy atom. The van der Waals surface area contributed by atoms with Crippen LogP contribution in [-0.2, 0) is 12.1 Å². The largest absolute Gasteiger partial charge is 0.396 e. The van der Waals surface area contributed by atoms with Crippen molar-refractivity contribution < 1.29 is 5.11 Å². The number of aliphatic hydroxyl groups excluding tert-OH is 1. The molecule has 1 aromatic carbocycles. The van der Waals surface area contributed by atoms with Crippen molar-refractivity contribution in [1.82, 2.24) is 30.1 Å². The van der Waals surface area contributed by atoms with Gasteiger partial charge in [-0.05, 0) is 92.1 Å². The maximum absolute atomic E-state index is 12.9. The highest BCUT2D eigenvalue weighted by molar-refractivity contribution is 5.80. The molecule has 3 rings (SSSR count). The van der Waals surface area contributed by atoms with Gasteiger partial charge >= 0.3 is 0 Å². The third kappa shape index (κ3) is 4.91. The highest BCUT2D eigenvalue weighted by Gasteiger charge is 2.30. The summed E-state index contributed by atoms with van der Waals surface area (Å²) in [5.41, 5.74) is 3.60. The predicted octanol–water partition coefficient (Wildman–Crippen LogP) is 3.61. The third-order valence-corrected chi connectivity index (χ3v) is 6.57. The fourth-order valence-electron chi connectivity index (χ4n) is 4.06. The van der Waals surface area contributed by atoms with Crippen LogP contribution in [0.5, 0.6) is 0 Å². The fourth-order valence-corrected chi connectivity index (χ4v) is 4.06. The molecule has 0 saturated heterocycles. The Kier molecular flexibility index (Phi) is 7.46. The number of hydrogen-bond acceptors (Lipinski definition) is 6. The molecule has 0 fully saturated rings. The Morgan fingerprint density at radius 3 is 2.56 bits per heavy atom. The van der Waals surface area contributed by atoms with Gasteiger partial charge in [-0.1, -0.05) is 13.8 Å². The number of benzene rings is 1. The van der Waals surface area contributed by atoms with Gasteiger partial charge in [0.05, 0.1) is 11.6 Å². The zero-order valence-electron chi connectivity index (χ0n) is 20.1. The smallest absolute Gasteiger partial charge is 0.252 e. The first kappa shape index (κ1) is 24.1. The van der Waals surface area contributed by atoms with E-state index in [1.54, 1.807) is 0 Å². The maximum Gasteiger partial charge on any atom is 0.252 e. The Hall–Kier alpha value is -2.58. The first-order chi connectivity index (χ1) is 15.2. The molecule has 2 heterocycles. The molecule has 0 aliphatic rings. The summed E-state index contributed by atoms with van der Waals surface area (Å²) >= 11 is 0. The number of aryl methyl sites for hydroxylation is 2. The number of H-pyrrole nitrogens is 1. The van der Waals surface area contributed by atoms with Crippen molar-refractivity contribution in [2.24, 2.45) is 0 Å². The second-order valence-electron chi connectivity index (χ2n) is 9.23. The lowest BCUT2D eigenvalue weighted by atomic mass is 10.0. The molecule has 3 aromatic rings. The Morgan fingerprint density at radius 2 is 1.91 bits per heavy atom. The van der Waals surface area contributed by atoms with Gasteiger partial charge in [0, 0.05) is 30.8 Å². The number of aromatic amines is 1. The van der Waals surface area contributed by atoms with Crippen LogP contribution in [0.2, 0.25) is 0 Å². The van der Waals surface area contributed by atoms with E-state index < -0.39 is 0 Å². The third-order valence-electron chi connectivity index (χ3n) is 6.57. The fraction of sp³-hybridized carbons (Fsp3) is 0.583. The van der Waals surface area contributed by atoms with Crippen molar-refractivity contribution in [3.05, 3.63) is 51.1 Å². The Bertz CT molecular complexity index is 1120. The van der Waals surface area contributed by atoms with Gasteiger partial charge in [0.1, 0.15) is 0 Å². The highest BCUT2D eigenvalue weighted by Crippen LogP contribution is 2.29. The zero-order valence-corrected chi connectivity index (χ0v) is 20.1. The molecule has 1 unspecified atom stereocenters. The summed E-state index contributed by atoms with van der Waals surface area (Å²) in [6, 6.07) is 6.05. The second-order valence-corrected chi connectivity index (χ2v) is 9.23. The van der Waals surface area contributed by atoms with Crippen LogP contribution in [0.3, 0.4) is 0 Å². The minimum Gasteiger partial charge on any atom is -0.396 e. The van der Waals surface area contributed by atoms with Crippen LogP contribution in [0.1, 0.15) is 75.5 Å². The van der Waals surface area contributed by atoms with Gasteiger partial charge in [0.25, 0.3) is 5.56 Å². The summed E-state index contributed by atoms with van der Waals surface area (Å²) in [6.45, 7) is 13.8. The highest BCUT2D eigenvalue weighted by atomic mass is 16.3. The zero-order chi connectivity index (χ0) is 23.5. The van der Waals surface area contributed by atoms with E-state index in [4.69, 9.17) is 0 Å². The Balaban J connectivity index is 2.02. The van der Waals surface area contributed by atoms with Gasteiger partial charge in [0.15, 0.2) is 5.82 Å². The summed E-state index contributed by atoms with van der Waals surface area (Å²) in [5, 5.41) is 23.2. The molecular weight excluding hydrogens is 404 g/mol. The molecule has 8 nitrogen and oxygen atoms in total. The molecule has 0 aliphatic carbocycles. The minimum absolute atomic E-state index is 0.0720. The first-order valence-electron chi connectivity index (χ1n) is 11.5. The van der Waals surface area contributed by atoms with Gasteiger partial charge in [-0.2, -0.15) is 0 Å². The molecule has 0 amide bonds. The van der Waals surface area contributed by atoms with Crippen molar-refractivity contribution >= 4 is 10.9 Å². The van der Waals surface area contributed by atoms with Crippen LogP contribution in [0, 0.1) is 13.8 Å². The number of nitrogens with zero attached hydrogens (tertiary/aromatic N) is 5. The van der Waals surface area contributed by atoms with Gasteiger partial charge in [-0.15, -0.1) is 5.10 Å². The van der Waals surface area contributed by atoms with E-state index in [1.165, 1.54) is 5.56 Å². The lowest BCUT2D eigenvalue weighted by molar-refractivity contribution is 0.144. The van der Waals surface area contributed by atoms with Gasteiger partial charge in [0.2, 0.25) is 0 Å². The first-order valence-corrected chi connectivity index (χ1v) is 11.5. The SMILES string of the molecule is CCC(c1nnnn1C(C)(C)CC)N(CCCO)Cc1cc2cc(C)c(C)cc2[nH]c1=O. The molecule has 0 spiro atoms. The average molecular weight is 441 g/mol. The van der Waals surface area contributed by atoms with Gasteiger partial charge in [-0.25, -0.2) is 4.68 Å². The minimum atomic E-state index is -0.218. The van der Waals surface area contributed by atoms with E-state index in [1.807, 2.05) is 23.7 Å². The monoisotopic (exact) mass is 440 g/mol. The number of aromatic nitrogens is 5. The molecule has 32 heavy (non-hydrogen) atoms. The number of nitrogens with one attached hydrogen (secondary N) is 1. The molecule has 1 atom stereocenters. The van der Waals surface area contributed by atoms with Crippen LogP contribution in [0.4, 0.5) is 0 Å². The standard InChI is InChI=1S/C24H36N6O2/c1-7-21(22-26-27-28-30(22)24(5,6)8-2)29(10-9-11-31)15-19-14-18-12-16(3)17(4)13-20(18)25-23(19)32/h12-14,21,31H,7-11,15H2,1-6H3,(H,25,32). The van der Waals surface area contributed by atoms with E-state index >= 15 is 0 Å². The van der Waals surface area contributed by atoms with Crippen LogP contribution < -0.4 is 5.56 Å². The number of aliphatic hydroxyl groups is 1. The molecule has 0 radical (unpaired) electrons. The molecule has 0 bridgehead atoms. The van der Waals surface area contributed by atoms with Gasteiger partial charge in [-0.3, -0.25) is 9.69 Å². The second kappa shape index (κ2) is 9.92. The normalized spacial score (nSPS) is 13.2. The number of pyridine rings is 1. The van der Waals surface area contributed by atoms with E-state index in [2.05, 4.69) is 66.1 Å². The quantitative estimate of drug-likeness (QED) is 0.500. The number of tetrazole rings is 1. The van der Waals surface area contributed by atoms with Crippen LogP contribution in [-0.4, -0.2) is 48.3 Å². The maximum atomic E-state index is 12.9. The van der Waals surface area contributed by atoms with Crippen molar-refractivity contribution in [1.29, 1.82) is 0 Å². The van der Waals surface area contributed by atoms with Crippen LogP contribution >= 0.6 is 0 Å².